The number of nitrogens with one attached hydrogen (secondary N) is 2. The number of thiophene rings is 1. The van der Waals surface area contributed by atoms with E-state index in [0.717, 1.165) is 15.0 Å². The zero-order valence-corrected chi connectivity index (χ0v) is 20.4. The van der Waals surface area contributed by atoms with Crippen LogP contribution >= 0.6 is 22.9 Å². The lowest BCUT2D eigenvalue weighted by Crippen LogP contribution is -2.36. The Kier molecular flexibility index (Phi) is 5.57. The molecule has 182 valence electrons. The fourth-order valence-corrected chi connectivity index (χ4v) is 5.54. The van der Waals surface area contributed by atoms with Crippen molar-refractivity contribution in [3.63, 3.8) is 0 Å². The van der Waals surface area contributed by atoms with Crippen molar-refractivity contribution in [3.05, 3.63) is 74.7 Å². The van der Waals surface area contributed by atoms with E-state index in [1.807, 2.05) is 12.1 Å². The van der Waals surface area contributed by atoms with Crippen LogP contribution < -0.4 is 21.9 Å². The molecule has 4 aromatic heterocycles. The number of amides is 1. The van der Waals surface area contributed by atoms with Crippen LogP contribution in [-0.4, -0.2) is 25.4 Å². The molecule has 1 aliphatic rings. The minimum absolute atomic E-state index is 0.185. The van der Waals surface area contributed by atoms with Gasteiger partial charge in [0.05, 0.1) is 19.3 Å². The Labute approximate surface area is 213 Å². The first kappa shape index (κ1) is 22.5. The molecule has 1 amide bonds. The average molecular weight is 522 g/mol. The number of carbonyl (C=O) groups excluding carboxylic acids is 1. The lowest BCUT2D eigenvalue weighted by atomic mass is 10.2. The number of nitrogens with zero attached hydrogens (tertiary/aromatic N) is 4. The molecule has 12 heteroatoms. The summed E-state index contributed by atoms with van der Waals surface area (Å²) in [7, 11) is 0. The Hall–Kier alpha value is -3.96. The number of rotatable bonds is 6. The molecular weight excluding hydrogens is 502 g/mol. The van der Waals surface area contributed by atoms with E-state index < -0.39 is 6.04 Å². The highest BCUT2D eigenvalue weighted by Gasteiger charge is 2.31. The SMILES string of the molecule is Nc1cc2sc(CNC(=O)C3CCc4ncc(NCc5nc6cc(Cl)ccc6o5)c(=O)n43)cc2cn1. The van der Waals surface area contributed by atoms with Crippen LogP contribution in [0.3, 0.4) is 0 Å². The van der Waals surface area contributed by atoms with Gasteiger partial charge in [0.25, 0.3) is 5.56 Å². The molecule has 5 heterocycles. The largest absolute Gasteiger partial charge is 0.439 e. The minimum Gasteiger partial charge on any atom is -0.439 e. The Morgan fingerprint density at radius 1 is 1.22 bits per heavy atom. The lowest BCUT2D eigenvalue weighted by molar-refractivity contribution is -0.124. The first-order valence-electron chi connectivity index (χ1n) is 11.3. The Balaban J connectivity index is 1.16. The number of nitrogen functional groups attached to an aromatic ring is 1. The number of oxazole rings is 1. The summed E-state index contributed by atoms with van der Waals surface area (Å²) in [5, 5.41) is 7.54. The number of benzene rings is 1. The van der Waals surface area contributed by atoms with Gasteiger partial charge in [0.1, 0.15) is 28.9 Å². The molecule has 5 aromatic rings. The van der Waals surface area contributed by atoms with E-state index in [1.165, 1.54) is 10.8 Å². The van der Waals surface area contributed by atoms with Gasteiger partial charge in [-0.1, -0.05) is 11.6 Å². The number of nitrogens with two attached hydrogens (primary N) is 1. The predicted molar refractivity (Wildman–Crippen MR) is 138 cm³/mol. The summed E-state index contributed by atoms with van der Waals surface area (Å²) < 4.78 is 8.19. The topological polar surface area (TPSA) is 141 Å². The third-order valence-corrected chi connectivity index (χ3v) is 7.39. The number of anilines is 2. The van der Waals surface area contributed by atoms with Crippen molar-refractivity contribution in [3.8, 4) is 0 Å². The molecule has 0 saturated carbocycles. The van der Waals surface area contributed by atoms with Crippen LogP contribution in [0, 0.1) is 0 Å². The summed E-state index contributed by atoms with van der Waals surface area (Å²) in [4.78, 5) is 40.1. The third-order valence-electron chi connectivity index (χ3n) is 6.06. The molecule has 0 aliphatic carbocycles. The first-order chi connectivity index (χ1) is 17.4. The van der Waals surface area contributed by atoms with Crippen molar-refractivity contribution in [2.45, 2.75) is 32.0 Å². The van der Waals surface area contributed by atoms with Gasteiger partial charge in [0, 0.05) is 32.6 Å². The molecule has 36 heavy (non-hydrogen) atoms. The van der Waals surface area contributed by atoms with Gasteiger partial charge in [-0.05, 0) is 36.8 Å². The Morgan fingerprint density at radius 2 is 2.11 bits per heavy atom. The maximum atomic E-state index is 13.2. The van der Waals surface area contributed by atoms with Crippen molar-refractivity contribution in [1.82, 2.24) is 24.8 Å². The van der Waals surface area contributed by atoms with Crippen molar-refractivity contribution in [2.75, 3.05) is 11.1 Å². The van der Waals surface area contributed by atoms with Gasteiger partial charge >= 0.3 is 0 Å². The molecule has 10 nitrogen and oxygen atoms in total. The molecule has 1 aliphatic heterocycles. The van der Waals surface area contributed by atoms with Crippen LogP contribution in [0.5, 0.6) is 0 Å². The fraction of sp³-hybridized carbons (Fsp3) is 0.208. The van der Waals surface area contributed by atoms with Crippen molar-refractivity contribution in [1.29, 1.82) is 0 Å². The molecule has 0 radical (unpaired) electrons. The van der Waals surface area contributed by atoms with Crippen LogP contribution in [-0.2, 0) is 24.3 Å². The zero-order valence-electron chi connectivity index (χ0n) is 18.8. The maximum Gasteiger partial charge on any atom is 0.277 e. The number of hydrogen-bond acceptors (Lipinski definition) is 9. The maximum absolute atomic E-state index is 13.2. The van der Waals surface area contributed by atoms with Gasteiger partial charge in [-0.2, -0.15) is 0 Å². The average Bonchev–Trinajstić information content (AvgIpc) is 3.57. The summed E-state index contributed by atoms with van der Waals surface area (Å²) >= 11 is 7.55. The number of aryl methyl sites for hydroxylation is 1. The van der Waals surface area contributed by atoms with Gasteiger partial charge in [-0.3, -0.25) is 14.2 Å². The quantitative estimate of drug-likeness (QED) is 0.307. The number of aromatic nitrogens is 4. The van der Waals surface area contributed by atoms with E-state index in [2.05, 4.69) is 25.6 Å². The van der Waals surface area contributed by atoms with Crippen LogP contribution in [0.1, 0.15) is 29.1 Å². The second kappa shape index (κ2) is 8.92. The highest BCUT2D eigenvalue weighted by molar-refractivity contribution is 7.19. The van der Waals surface area contributed by atoms with Crippen molar-refractivity contribution in [2.24, 2.45) is 0 Å². The molecule has 1 atom stereocenters. The second-order valence-electron chi connectivity index (χ2n) is 8.47. The number of fused-ring (bicyclic) bond motifs is 3. The summed E-state index contributed by atoms with van der Waals surface area (Å²) in [6.07, 6.45) is 4.27. The van der Waals surface area contributed by atoms with Crippen LogP contribution in [0.25, 0.3) is 21.2 Å². The van der Waals surface area contributed by atoms with E-state index in [9.17, 15) is 9.59 Å². The number of pyridine rings is 1. The summed E-state index contributed by atoms with van der Waals surface area (Å²) in [6, 6.07) is 8.35. The molecule has 0 bridgehead atoms. The standard InChI is InChI=1S/C24H20ClN7O3S/c25-13-1-3-18-15(6-13)31-22(35-18)11-27-16-10-29-21-4-2-17(32(21)24(16)34)23(33)30-9-14-5-12-8-28-20(26)7-19(12)36-14/h1,3,5-8,10,17,27H,2,4,9,11H2,(H2,26,28)(H,30,33). The molecule has 1 unspecified atom stereocenters. The van der Waals surface area contributed by atoms with E-state index in [1.54, 1.807) is 35.7 Å². The van der Waals surface area contributed by atoms with Crippen molar-refractivity contribution < 1.29 is 9.21 Å². The van der Waals surface area contributed by atoms with Gasteiger partial charge in [0.2, 0.25) is 11.8 Å². The highest BCUT2D eigenvalue weighted by Crippen LogP contribution is 2.27. The first-order valence-corrected chi connectivity index (χ1v) is 12.4. The van der Waals surface area contributed by atoms with Crippen LogP contribution in [0.4, 0.5) is 11.5 Å². The molecular formula is C24H20ClN7O3S. The van der Waals surface area contributed by atoms with Gasteiger partial charge in [-0.25, -0.2) is 15.0 Å². The molecule has 0 spiro atoms. The van der Waals surface area contributed by atoms with Crippen LogP contribution in [0.15, 0.2) is 51.9 Å². The molecule has 1 aromatic carbocycles. The smallest absolute Gasteiger partial charge is 0.277 e. The molecule has 0 fully saturated rings. The number of hydrogen-bond donors (Lipinski definition) is 3. The zero-order chi connectivity index (χ0) is 24.8. The molecule has 4 N–H and O–H groups in total. The van der Waals surface area contributed by atoms with Crippen molar-refractivity contribution >= 4 is 61.5 Å². The minimum atomic E-state index is -0.625. The second-order valence-corrected chi connectivity index (χ2v) is 10.1. The number of carbonyl (C=O) groups is 1. The number of halogens is 1. The van der Waals surface area contributed by atoms with Crippen LogP contribution in [0.2, 0.25) is 5.02 Å². The summed E-state index contributed by atoms with van der Waals surface area (Å²) in [5.74, 6) is 1.23. The Morgan fingerprint density at radius 3 is 3.00 bits per heavy atom. The fourth-order valence-electron chi connectivity index (χ4n) is 4.35. The lowest BCUT2D eigenvalue weighted by Gasteiger charge is -2.15. The predicted octanol–water partition coefficient (Wildman–Crippen LogP) is 3.65. The monoisotopic (exact) mass is 521 g/mol. The van der Waals surface area contributed by atoms with Gasteiger partial charge in [0.15, 0.2) is 5.58 Å². The normalized spacial score (nSPS) is 14.9. The van der Waals surface area contributed by atoms with Gasteiger partial charge < -0.3 is 20.8 Å². The van der Waals surface area contributed by atoms with E-state index in [-0.39, 0.29) is 23.7 Å². The summed E-state index contributed by atoms with van der Waals surface area (Å²) in [6.45, 7) is 0.538. The van der Waals surface area contributed by atoms with E-state index in [4.69, 9.17) is 21.8 Å². The molecule has 0 saturated heterocycles. The van der Waals surface area contributed by atoms with Gasteiger partial charge in [-0.15, -0.1) is 11.3 Å². The summed E-state index contributed by atoms with van der Waals surface area (Å²) in [5.41, 5.74) is 6.97. The highest BCUT2D eigenvalue weighted by atomic mass is 35.5. The van der Waals surface area contributed by atoms with E-state index in [0.29, 0.717) is 53.0 Å². The Bertz CT molecular complexity index is 1690. The molecule has 6 rings (SSSR count). The third kappa shape index (κ3) is 4.16. The van der Waals surface area contributed by atoms with E-state index >= 15 is 0 Å².